The first-order chi connectivity index (χ1) is 12.0. The summed E-state index contributed by atoms with van der Waals surface area (Å²) in [7, 11) is 1.43. The summed E-state index contributed by atoms with van der Waals surface area (Å²) in [6, 6.07) is 14.8. The Labute approximate surface area is 155 Å². The molecule has 0 N–H and O–H groups in total. The lowest BCUT2D eigenvalue weighted by Gasteiger charge is -2.40. The normalized spacial score (nSPS) is 12.5. The number of rotatable bonds is 6. The minimum Gasteiger partial charge on any atom is -0.783 e. The van der Waals surface area contributed by atoms with Crippen molar-refractivity contribution in [1.82, 2.24) is 10.3 Å². The third kappa shape index (κ3) is 5.19. The van der Waals surface area contributed by atoms with Gasteiger partial charge in [0.2, 0.25) is 0 Å². The van der Waals surface area contributed by atoms with Gasteiger partial charge in [0.25, 0.3) is 0 Å². The largest absolute Gasteiger partial charge is 0.783 e. The molecule has 0 aliphatic heterocycles. The number of hydrogen-bond acceptors (Lipinski definition) is 6. The SMILES string of the molecule is CN([O-])C(C)(C)Oc1ccc(-c2ccc(ON([O-])C(C)(C)C)cc2)cc1. The Balaban J connectivity index is 2.08. The molecular formula is C20H26N2O4-2. The van der Waals surface area contributed by atoms with E-state index >= 15 is 0 Å². The molecule has 0 bridgehead atoms. The third-order valence-corrected chi connectivity index (χ3v) is 3.90. The number of hydrogen-bond donors (Lipinski definition) is 0. The van der Waals surface area contributed by atoms with Gasteiger partial charge < -0.3 is 25.1 Å². The van der Waals surface area contributed by atoms with Crippen LogP contribution in [0.2, 0.25) is 0 Å². The summed E-state index contributed by atoms with van der Waals surface area (Å²) in [6.07, 6.45) is 0. The molecule has 0 saturated heterocycles. The van der Waals surface area contributed by atoms with E-state index in [-0.39, 0.29) is 0 Å². The maximum absolute atomic E-state index is 11.8. The van der Waals surface area contributed by atoms with Crippen molar-refractivity contribution in [2.24, 2.45) is 0 Å². The van der Waals surface area contributed by atoms with Gasteiger partial charge in [-0.2, -0.15) is 0 Å². The van der Waals surface area contributed by atoms with Gasteiger partial charge in [-0.25, -0.2) is 5.23 Å². The molecule has 26 heavy (non-hydrogen) atoms. The van der Waals surface area contributed by atoms with Gasteiger partial charge in [-0.15, -0.1) is 0 Å². The quantitative estimate of drug-likeness (QED) is 0.546. The Kier molecular flexibility index (Phi) is 5.93. The number of ether oxygens (including phenoxy) is 1. The maximum Gasteiger partial charge on any atom is 0.146 e. The zero-order valence-electron chi connectivity index (χ0n) is 16.1. The Morgan fingerprint density at radius 1 is 0.731 bits per heavy atom. The zero-order chi connectivity index (χ0) is 19.5. The van der Waals surface area contributed by atoms with Gasteiger partial charge in [-0.1, -0.05) is 24.3 Å². The molecule has 6 nitrogen and oxygen atoms in total. The molecule has 0 aromatic heterocycles. The van der Waals surface area contributed by atoms with Gasteiger partial charge in [-0.05, 0) is 77.1 Å². The summed E-state index contributed by atoms with van der Waals surface area (Å²) in [5, 5.41) is 24.7. The van der Waals surface area contributed by atoms with Gasteiger partial charge in [0, 0.05) is 5.54 Å². The topological polar surface area (TPSA) is 71.1 Å². The fourth-order valence-corrected chi connectivity index (χ4v) is 2.01. The molecule has 0 saturated carbocycles. The van der Waals surface area contributed by atoms with Crippen LogP contribution in [0.15, 0.2) is 48.5 Å². The van der Waals surface area contributed by atoms with E-state index in [1.807, 2.05) is 36.4 Å². The van der Waals surface area contributed by atoms with Crippen LogP contribution in [-0.2, 0) is 0 Å². The van der Waals surface area contributed by atoms with Crippen LogP contribution in [0.25, 0.3) is 11.1 Å². The van der Waals surface area contributed by atoms with E-state index in [9.17, 15) is 10.4 Å². The zero-order valence-corrected chi connectivity index (χ0v) is 16.1. The smallest absolute Gasteiger partial charge is 0.146 e. The highest BCUT2D eigenvalue weighted by Gasteiger charge is 2.19. The van der Waals surface area contributed by atoms with E-state index in [1.165, 1.54) is 7.05 Å². The van der Waals surface area contributed by atoms with Crippen LogP contribution in [-0.4, -0.2) is 28.6 Å². The number of hydroxylamine groups is 4. The van der Waals surface area contributed by atoms with Crippen LogP contribution in [0.3, 0.4) is 0 Å². The van der Waals surface area contributed by atoms with Gasteiger partial charge >= 0.3 is 0 Å². The Bertz CT molecular complexity index is 704. The first-order valence-corrected chi connectivity index (χ1v) is 8.45. The van der Waals surface area contributed by atoms with E-state index in [1.54, 1.807) is 46.8 Å². The number of benzene rings is 2. The molecule has 0 spiro atoms. The van der Waals surface area contributed by atoms with Gasteiger partial charge in [0.1, 0.15) is 17.2 Å². The van der Waals surface area contributed by atoms with Crippen molar-refractivity contribution < 1.29 is 9.57 Å². The van der Waals surface area contributed by atoms with Gasteiger partial charge in [0.15, 0.2) is 0 Å². The molecule has 0 atom stereocenters. The van der Waals surface area contributed by atoms with Crippen molar-refractivity contribution in [2.75, 3.05) is 7.05 Å². The standard InChI is InChI=1S/C20H26N2O4/c1-19(2,3)22(24)26-18-13-9-16(10-14-18)15-7-11-17(12-8-15)25-20(4,5)21(6)23/h7-14H,1-6H3/q-2. The van der Waals surface area contributed by atoms with Crippen LogP contribution in [0.5, 0.6) is 11.5 Å². The molecule has 0 radical (unpaired) electrons. The second kappa shape index (κ2) is 7.63. The summed E-state index contributed by atoms with van der Waals surface area (Å²) in [5.74, 6) is 1.10. The Morgan fingerprint density at radius 2 is 1.15 bits per heavy atom. The second-order valence-electron chi connectivity index (χ2n) is 7.61. The monoisotopic (exact) mass is 358 g/mol. The molecule has 0 heterocycles. The van der Waals surface area contributed by atoms with Gasteiger partial charge in [0.05, 0.1) is 0 Å². The Hall–Kier alpha value is -2.12. The van der Waals surface area contributed by atoms with Crippen LogP contribution in [0.4, 0.5) is 0 Å². The fraction of sp³-hybridized carbons (Fsp3) is 0.400. The van der Waals surface area contributed by atoms with Crippen molar-refractivity contribution in [3.8, 4) is 22.6 Å². The molecule has 0 aliphatic carbocycles. The average molecular weight is 358 g/mol. The first-order valence-electron chi connectivity index (χ1n) is 8.45. The van der Waals surface area contributed by atoms with E-state index in [0.717, 1.165) is 16.2 Å². The van der Waals surface area contributed by atoms with Gasteiger partial charge in [-0.3, -0.25) is 0 Å². The molecule has 0 unspecified atom stereocenters. The molecule has 0 fully saturated rings. The minimum absolute atomic E-state index is 0.485. The summed E-state index contributed by atoms with van der Waals surface area (Å²) in [5.41, 5.74) is 0.419. The molecule has 142 valence electrons. The van der Waals surface area contributed by atoms with Crippen LogP contribution in [0, 0.1) is 10.4 Å². The highest BCUT2D eigenvalue weighted by atomic mass is 16.9. The third-order valence-electron chi connectivity index (χ3n) is 3.90. The Morgan fingerprint density at radius 3 is 1.54 bits per heavy atom. The summed E-state index contributed by atoms with van der Waals surface area (Å²) < 4.78 is 5.70. The molecule has 0 amide bonds. The van der Waals surface area contributed by atoms with E-state index in [0.29, 0.717) is 16.7 Å². The highest BCUT2D eigenvalue weighted by Crippen LogP contribution is 2.27. The van der Waals surface area contributed by atoms with Crippen molar-refractivity contribution >= 4 is 0 Å². The van der Waals surface area contributed by atoms with Crippen molar-refractivity contribution in [3.05, 3.63) is 58.9 Å². The highest BCUT2D eigenvalue weighted by molar-refractivity contribution is 5.64. The minimum atomic E-state index is -0.933. The summed E-state index contributed by atoms with van der Waals surface area (Å²) >= 11 is 0. The predicted molar refractivity (Wildman–Crippen MR) is 103 cm³/mol. The molecule has 2 rings (SSSR count). The van der Waals surface area contributed by atoms with Crippen LogP contribution < -0.4 is 9.57 Å². The molecular weight excluding hydrogens is 332 g/mol. The predicted octanol–water partition coefficient (Wildman–Crippen LogP) is 4.79. The lowest BCUT2D eigenvalue weighted by Crippen LogP contribution is -2.42. The average Bonchev–Trinajstić information content (AvgIpc) is 2.55. The molecule has 0 aliphatic rings. The molecule has 6 heteroatoms. The van der Waals surface area contributed by atoms with E-state index in [2.05, 4.69) is 0 Å². The van der Waals surface area contributed by atoms with E-state index in [4.69, 9.17) is 9.57 Å². The van der Waals surface area contributed by atoms with Crippen molar-refractivity contribution in [2.45, 2.75) is 45.9 Å². The second-order valence-corrected chi connectivity index (χ2v) is 7.61. The molecule has 2 aromatic carbocycles. The summed E-state index contributed by atoms with van der Waals surface area (Å²) in [4.78, 5) is 5.29. The van der Waals surface area contributed by atoms with Crippen molar-refractivity contribution in [1.29, 1.82) is 0 Å². The van der Waals surface area contributed by atoms with Crippen molar-refractivity contribution in [3.63, 3.8) is 0 Å². The van der Waals surface area contributed by atoms with E-state index < -0.39 is 11.3 Å². The van der Waals surface area contributed by atoms with Crippen LogP contribution in [0.1, 0.15) is 34.6 Å². The fourth-order valence-electron chi connectivity index (χ4n) is 2.01. The number of nitrogens with zero attached hydrogens (tertiary/aromatic N) is 2. The maximum atomic E-state index is 11.8. The lowest BCUT2D eigenvalue weighted by atomic mass is 10.1. The van der Waals surface area contributed by atoms with Crippen LogP contribution >= 0.6 is 0 Å². The molecule has 2 aromatic rings. The lowest BCUT2D eigenvalue weighted by molar-refractivity contribution is -0.0791. The summed E-state index contributed by atoms with van der Waals surface area (Å²) in [6.45, 7) is 8.77. The first kappa shape index (κ1) is 20.2.